The Balaban J connectivity index is 1.83. The van der Waals surface area contributed by atoms with E-state index in [0.717, 1.165) is 42.9 Å². The molecule has 2 amide bonds. The molecule has 0 bridgehead atoms. The zero-order valence-electron chi connectivity index (χ0n) is 16.8. The molecule has 2 aromatic rings. The molecule has 27 heavy (non-hydrogen) atoms. The Morgan fingerprint density at radius 1 is 1.04 bits per heavy atom. The monoisotopic (exact) mass is 369 g/mol. The summed E-state index contributed by atoms with van der Waals surface area (Å²) >= 11 is 0. The van der Waals surface area contributed by atoms with Crippen molar-refractivity contribution in [2.45, 2.75) is 40.5 Å². The summed E-state index contributed by atoms with van der Waals surface area (Å²) in [4.78, 5) is 14.4. The van der Waals surface area contributed by atoms with Gasteiger partial charge in [-0.2, -0.15) is 0 Å². The zero-order chi connectivity index (χ0) is 19.6. The highest BCUT2D eigenvalue weighted by Gasteiger charge is 2.07. The van der Waals surface area contributed by atoms with E-state index in [-0.39, 0.29) is 12.8 Å². The summed E-state index contributed by atoms with van der Waals surface area (Å²) in [7, 11) is 0. The first kappa shape index (κ1) is 20.6. The number of nitrogens with one attached hydrogen (secondary N) is 2. The highest BCUT2D eigenvalue weighted by molar-refractivity contribution is 5.90. The third-order valence-electron chi connectivity index (χ3n) is 4.52. The molecule has 0 aliphatic carbocycles. The van der Waals surface area contributed by atoms with Gasteiger partial charge in [-0.3, -0.25) is 0 Å². The Morgan fingerprint density at radius 3 is 2.33 bits per heavy atom. The molecule has 0 aliphatic rings. The fourth-order valence-electron chi connectivity index (χ4n) is 2.97. The van der Waals surface area contributed by atoms with Crippen LogP contribution in [-0.4, -0.2) is 25.9 Å². The van der Waals surface area contributed by atoms with Crippen molar-refractivity contribution >= 4 is 17.4 Å². The topological polar surface area (TPSA) is 53.6 Å². The van der Waals surface area contributed by atoms with Crippen LogP contribution in [0.1, 0.15) is 38.3 Å². The summed E-state index contributed by atoms with van der Waals surface area (Å²) in [5.41, 5.74) is 4.28. The third kappa shape index (κ3) is 6.20. The average Bonchev–Trinajstić information content (AvgIpc) is 2.66. The number of rotatable bonds is 9. The minimum atomic E-state index is -0.281. The molecule has 0 aliphatic heterocycles. The Bertz CT molecular complexity index is 725. The number of ether oxygens (including phenoxy) is 1. The Hall–Kier alpha value is -2.69. The smallest absolute Gasteiger partial charge is 0.321 e. The van der Waals surface area contributed by atoms with Crippen molar-refractivity contribution in [1.82, 2.24) is 5.32 Å². The second-order valence-corrected chi connectivity index (χ2v) is 6.49. The van der Waals surface area contributed by atoms with Gasteiger partial charge in [0.2, 0.25) is 0 Å². The minimum absolute atomic E-state index is 0.121. The lowest BCUT2D eigenvalue weighted by molar-refractivity contribution is 0.234. The van der Waals surface area contributed by atoms with E-state index in [1.54, 1.807) is 0 Å². The van der Waals surface area contributed by atoms with E-state index in [1.165, 1.54) is 11.3 Å². The molecule has 0 heterocycles. The first-order chi connectivity index (χ1) is 13.1. The molecule has 2 aromatic carbocycles. The molecule has 5 heteroatoms. The van der Waals surface area contributed by atoms with Crippen LogP contribution in [0.25, 0.3) is 0 Å². The van der Waals surface area contributed by atoms with Crippen LogP contribution >= 0.6 is 0 Å². The standard InChI is InChI=1S/C22H31N3O2/c1-5-8-18-9-12-20(13-10-18)27-16-23-22(26)24-21-14-11-19(15-17(21)4)25(6-2)7-3/h9-15H,5-8,16H2,1-4H3,(H2,23,24,26). The van der Waals surface area contributed by atoms with Crippen LogP contribution in [-0.2, 0) is 6.42 Å². The molecule has 2 N–H and O–H groups in total. The molecule has 0 saturated heterocycles. The van der Waals surface area contributed by atoms with Crippen molar-refractivity contribution in [3.8, 4) is 5.75 Å². The van der Waals surface area contributed by atoms with Gasteiger partial charge in [-0.15, -0.1) is 0 Å². The van der Waals surface area contributed by atoms with Crippen molar-refractivity contribution in [3.05, 3.63) is 53.6 Å². The lowest BCUT2D eigenvalue weighted by Gasteiger charge is -2.22. The molecule has 0 aromatic heterocycles. The number of benzene rings is 2. The summed E-state index contributed by atoms with van der Waals surface area (Å²) in [6.07, 6.45) is 2.19. The second kappa shape index (κ2) is 10.5. The molecule has 0 fully saturated rings. The molecule has 0 radical (unpaired) electrons. The van der Waals surface area contributed by atoms with Crippen molar-refractivity contribution in [2.75, 3.05) is 30.0 Å². The molecule has 0 saturated carbocycles. The Labute approximate surface area is 162 Å². The lowest BCUT2D eigenvalue weighted by atomic mass is 10.1. The van der Waals surface area contributed by atoms with Gasteiger partial charge in [0.15, 0.2) is 6.73 Å². The Kier molecular flexibility index (Phi) is 7.99. The van der Waals surface area contributed by atoms with Crippen molar-refractivity contribution < 1.29 is 9.53 Å². The summed E-state index contributed by atoms with van der Waals surface area (Å²) in [5, 5.41) is 5.60. The van der Waals surface area contributed by atoms with Gasteiger partial charge >= 0.3 is 6.03 Å². The van der Waals surface area contributed by atoms with Crippen molar-refractivity contribution in [3.63, 3.8) is 0 Å². The van der Waals surface area contributed by atoms with Gasteiger partial charge in [0.1, 0.15) is 5.75 Å². The number of aryl methyl sites for hydroxylation is 2. The molecule has 0 unspecified atom stereocenters. The summed E-state index contributed by atoms with van der Waals surface area (Å²) < 4.78 is 5.58. The fourth-order valence-corrected chi connectivity index (χ4v) is 2.97. The summed E-state index contributed by atoms with van der Waals surface area (Å²) in [6.45, 7) is 10.5. The summed E-state index contributed by atoms with van der Waals surface area (Å²) in [6, 6.07) is 13.8. The van der Waals surface area contributed by atoms with Crippen LogP contribution in [0.4, 0.5) is 16.2 Å². The average molecular weight is 370 g/mol. The SMILES string of the molecule is CCCc1ccc(OCNC(=O)Nc2ccc(N(CC)CC)cc2C)cc1. The predicted molar refractivity (Wildman–Crippen MR) is 113 cm³/mol. The van der Waals surface area contributed by atoms with Crippen LogP contribution in [0.3, 0.4) is 0 Å². The zero-order valence-corrected chi connectivity index (χ0v) is 16.8. The van der Waals surface area contributed by atoms with Crippen LogP contribution in [0.15, 0.2) is 42.5 Å². The molecule has 5 nitrogen and oxygen atoms in total. The first-order valence-electron chi connectivity index (χ1n) is 9.69. The van der Waals surface area contributed by atoms with E-state index in [0.29, 0.717) is 0 Å². The van der Waals surface area contributed by atoms with E-state index in [9.17, 15) is 4.79 Å². The van der Waals surface area contributed by atoms with E-state index >= 15 is 0 Å². The number of hydrogen-bond donors (Lipinski definition) is 2. The van der Waals surface area contributed by atoms with Crippen molar-refractivity contribution in [1.29, 1.82) is 0 Å². The van der Waals surface area contributed by atoms with Crippen LogP contribution in [0.5, 0.6) is 5.75 Å². The largest absolute Gasteiger partial charge is 0.473 e. The van der Waals surface area contributed by atoms with E-state index < -0.39 is 0 Å². The molecule has 0 spiro atoms. The van der Waals surface area contributed by atoms with E-state index in [2.05, 4.69) is 54.5 Å². The number of carbonyl (C=O) groups excluding carboxylic acids is 1. The van der Waals surface area contributed by atoms with E-state index in [4.69, 9.17) is 4.74 Å². The molecule has 2 rings (SSSR count). The third-order valence-corrected chi connectivity index (χ3v) is 4.52. The molecule has 0 atom stereocenters. The van der Waals surface area contributed by atoms with Crippen LogP contribution in [0, 0.1) is 6.92 Å². The fraction of sp³-hybridized carbons (Fsp3) is 0.409. The van der Waals surface area contributed by atoms with Gasteiger partial charge in [-0.1, -0.05) is 25.5 Å². The number of carbonyl (C=O) groups is 1. The maximum absolute atomic E-state index is 12.1. The van der Waals surface area contributed by atoms with Gasteiger partial charge in [0.05, 0.1) is 0 Å². The lowest BCUT2D eigenvalue weighted by Crippen LogP contribution is -2.32. The first-order valence-corrected chi connectivity index (χ1v) is 9.69. The number of anilines is 2. The van der Waals surface area contributed by atoms with Crippen LogP contribution < -0.4 is 20.3 Å². The van der Waals surface area contributed by atoms with Gasteiger partial charge in [-0.25, -0.2) is 4.79 Å². The number of urea groups is 1. The molecular formula is C22H31N3O2. The van der Waals surface area contributed by atoms with Crippen molar-refractivity contribution in [2.24, 2.45) is 0 Å². The van der Waals surface area contributed by atoms with Gasteiger partial charge in [0.25, 0.3) is 0 Å². The summed E-state index contributed by atoms with van der Waals surface area (Å²) in [5.74, 6) is 0.745. The number of hydrogen-bond acceptors (Lipinski definition) is 3. The van der Waals surface area contributed by atoms with Gasteiger partial charge in [0, 0.05) is 24.5 Å². The highest BCUT2D eigenvalue weighted by Crippen LogP contribution is 2.22. The minimum Gasteiger partial charge on any atom is -0.473 e. The van der Waals surface area contributed by atoms with E-state index in [1.807, 2.05) is 31.2 Å². The number of amides is 2. The molecule has 146 valence electrons. The highest BCUT2D eigenvalue weighted by atomic mass is 16.5. The quantitative estimate of drug-likeness (QED) is 0.615. The van der Waals surface area contributed by atoms with Crippen LogP contribution in [0.2, 0.25) is 0 Å². The molecular weight excluding hydrogens is 338 g/mol. The maximum atomic E-state index is 12.1. The number of nitrogens with zero attached hydrogens (tertiary/aromatic N) is 1. The predicted octanol–water partition coefficient (Wildman–Crippen LogP) is 4.95. The van der Waals surface area contributed by atoms with Gasteiger partial charge < -0.3 is 20.3 Å². The maximum Gasteiger partial charge on any atom is 0.321 e. The second-order valence-electron chi connectivity index (χ2n) is 6.49. The van der Waals surface area contributed by atoms with Gasteiger partial charge in [-0.05, 0) is 68.7 Å². The normalized spacial score (nSPS) is 10.4. The Morgan fingerprint density at radius 2 is 1.74 bits per heavy atom.